The molecule has 0 aromatic carbocycles. The van der Waals surface area contributed by atoms with Crippen LogP contribution in [0.3, 0.4) is 0 Å². The van der Waals surface area contributed by atoms with E-state index in [-0.39, 0.29) is 5.92 Å². The maximum Gasteiger partial charge on any atom is 0.261 e. The summed E-state index contributed by atoms with van der Waals surface area (Å²) in [5, 5.41) is 14.7. The van der Waals surface area contributed by atoms with Crippen molar-refractivity contribution < 1.29 is 9.63 Å². The van der Waals surface area contributed by atoms with Gasteiger partial charge >= 0.3 is 0 Å². The van der Waals surface area contributed by atoms with Crippen molar-refractivity contribution >= 4 is 5.82 Å². The Morgan fingerprint density at radius 2 is 2.19 bits per heavy atom. The topological polar surface area (TPSA) is 93.1 Å². The number of hydrogen-bond donors (Lipinski definition) is 1. The molecule has 2 atom stereocenters. The molecule has 0 saturated carbocycles. The fourth-order valence-electron chi connectivity index (χ4n) is 3.56. The Hall–Kier alpha value is -2.74. The van der Waals surface area contributed by atoms with Crippen LogP contribution in [-0.4, -0.2) is 42.9 Å². The van der Waals surface area contributed by atoms with Crippen molar-refractivity contribution in [2.24, 2.45) is 13.0 Å². The second-order valence-electron chi connectivity index (χ2n) is 6.71. The number of rotatable bonds is 4. The minimum atomic E-state index is -0.601. The fraction of sp³-hybridized carbons (Fsp3) is 0.444. The van der Waals surface area contributed by atoms with E-state index < -0.39 is 6.10 Å². The maximum atomic E-state index is 10.8. The third kappa shape index (κ3) is 3.08. The zero-order valence-electron chi connectivity index (χ0n) is 14.9. The molecule has 0 spiro atoms. The van der Waals surface area contributed by atoms with Gasteiger partial charge in [-0.2, -0.15) is 4.98 Å². The van der Waals surface area contributed by atoms with Crippen molar-refractivity contribution in [3.05, 3.63) is 42.4 Å². The quantitative estimate of drug-likeness (QED) is 0.767. The zero-order valence-corrected chi connectivity index (χ0v) is 14.9. The molecule has 0 bridgehead atoms. The monoisotopic (exact) mass is 354 g/mol. The largest absolute Gasteiger partial charge is 0.385 e. The number of piperidine rings is 1. The van der Waals surface area contributed by atoms with E-state index in [1.807, 2.05) is 29.9 Å². The Kier molecular flexibility index (Phi) is 4.42. The average Bonchev–Trinajstić information content (AvgIpc) is 3.29. The lowest BCUT2D eigenvalue weighted by Crippen LogP contribution is -2.39. The molecule has 3 aromatic rings. The van der Waals surface area contributed by atoms with Crippen LogP contribution >= 0.6 is 0 Å². The average molecular weight is 354 g/mol. The first-order valence-electron chi connectivity index (χ1n) is 8.79. The summed E-state index contributed by atoms with van der Waals surface area (Å²) < 4.78 is 7.21. The van der Waals surface area contributed by atoms with Crippen molar-refractivity contribution in [3.63, 3.8) is 0 Å². The normalized spacial score (nSPS) is 18.9. The molecule has 1 N–H and O–H groups in total. The Bertz CT molecular complexity index is 889. The second-order valence-corrected chi connectivity index (χ2v) is 6.71. The van der Waals surface area contributed by atoms with Gasteiger partial charge < -0.3 is 19.1 Å². The summed E-state index contributed by atoms with van der Waals surface area (Å²) in [6.45, 7) is 3.37. The maximum absolute atomic E-state index is 10.8. The molecule has 0 amide bonds. The number of aryl methyl sites for hydroxylation is 2. The molecule has 3 aromatic heterocycles. The van der Waals surface area contributed by atoms with Crippen LogP contribution in [0.25, 0.3) is 11.5 Å². The molecule has 8 nitrogen and oxygen atoms in total. The molecule has 0 radical (unpaired) electrons. The number of imidazole rings is 1. The Morgan fingerprint density at radius 3 is 2.92 bits per heavy atom. The van der Waals surface area contributed by atoms with E-state index in [0.717, 1.165) is 30.8 Å². The molecule has 1 aliphatic rings. The number of aliphatic hydroxyl groups is 1. The van der Waals surface area contributed by atoms with Gasteiger partial charge in [0, 0.05) is 44.6 Å². The molecule has 136 valence electrons. The van der Waals surface area contributed by atoms with Gasteiger partial charge in [-0.25, -0.2) is 9.97 Å². The van der Waals surface area contributed by atoms with Gasteiger partial charge in [-0.3, -0.25) is 0 Å². The SMILES string of the molecule is Cc1noc(-c2cccnc2N2CCCC(C(O)c3nccn3C)C2)n1. The molecular formula is C18H22N6O2. The highest BCUT2D eigenvalue weighted by atomic mass is 16.5. The number of aromatic nitrogens is 5. The van der Waals surface area contributed by atoms with Gasteiger partial charge in [0.05, 0.1) is 5.56 Å². The van der Waals surface area contributed by atoms with Gasteiger partial charge in [-0.05, 0) is 31.9 Å². The van der Waals surface area contributed by atoms with E-state index >= 15 is 0 Å². The number of nitrogens with zero attached hydrogens (tertiary/aromatic N) is 6. The van der Waals surface area contributed by atoms with Crippen LogP contribution in [0.4, 0.5) is 5.82 Å². The zero-order chi connectivity index (χ0) is 18.1. The molecular weight excluding hydrogens is 332 g/mol. The number of pyridine rings is 1. The summed E-state index contributed by atoms with van der Waals surface area (Å²) in [6.07, 6.45) is 6.66. The Balaban J connectivity index is 1.60. The van der Waals surface area contributed by atoms with Crippen LogP contribution in [0.2, 0.25) is 0 Å². The fourth-order valence-corrected chi connectivity index (χ4v) is 3.56. The predicted molar refractivity (Wildman–Crippen MR) is 95.4 cm³/mol. The van der Waals surface area contributed by atoms with E-state index in [9.17, 15) is 5.11 Å². The van der Waals surface area contributed by atoms with E-state index in [1.165, 1.54) is 0 Å². The first-order chi connectivity index (χ1) is 12.6. The highest BCUT2D eigenvalue weighted by Gasteiger charge is 2.31. The van der Waals surface area contributed by atoms with Crippen LogP contribution in [-0.2, 0) is 7.05 Å². The lowest BCUT2D eigenvalue weighted by atomic mass is 9.91. The molecule has 0 aliphatic carbocycles. The van der Waals surface area contributed by atoms with E-state index in [1.54, 1.807) is 19.3 Å². The van der Waals surface area contributed by atoms with Crippen molar-refractivity contribution in [1.29, 1.82) is 0 Å². The molecule has 4 rings (SSSR count). The van der Waals surface area contributed by atoms with Gasteiger partial charge in [0.1, 0.15) is 17.7 Å². The van der Waals surface area contributed by atoms with Crippen LogP contribution in [0, 0.1) is 12.8 Å². The third-order valence-electron chi connectivity index (χ3n) is 4.87. The number of hydrogen-bond acceptors (Lipinski definition) is 7. The molecule has 1 saturated heterocycles. The highest BCUT2D eigenvalue weighted by Crippen LogP contribution is 2.34. The van der Waals surface area contributed by atoms with Gasteiger partial charge in [0.2, 0.25) is 0 Å². The number of aliphatic hydroxyl groups excluding tert-OH is 1. The molecule has 4 heterocycles. The highest BCUT2D eigenvalue weighted by molar-refractivity contribution is 5.69. The van der Waals surface area contributed by atoms with Crippen LogP contribution < -0.4 is 4.90 Å². The Labute approximate surface area is 151 Å². The van der Waals surface area contributed by atoms with E-state index in [2.05, 4.69) is 25.0 Å². The lowest BCUT2D eigenvalue weighted by molar-refractivity contribution is 0.0874. The van der Waals surface area contributed by atoms with E-state index in [4.69, 9.17) is 4.52 Å². The molecule has 2 unspecified atom stereocenters. The smallest absolute Gasteiger partial charge is 0.261 e. The van der Waals surface area contributed by atoms with Crippen molar-refractivity contribution in [2.75, 3.05) is 18.0 Å². The van der Waals surface area contributed by atoms with Gasteiger partial charge in [0.15, 0.2) is 5.82 Å². The summed E-state index contributed by atoms with van der Waals surface area (Å²) in [5.74, 6) is 2.66. The Morgan fingerprint density at radius 1 is 1.31 bits per heavy atom. The third-order valence-corrected chi connectivity index (χ3v) is 4.87. The lowest BCUT2D eigenvalue weighted by Gasteiger charge is -2.36. The standard InChI is InChI=1S/C18H22N6O2/c1-12-21-18(26-22-12)14-6-3-7-19-16(14)24-9-4-5-13(11-24)15(25)17-20-8-10-23(17)2/h3,6-8,10,13,15,25H,4-5,9,11H2,1-2H3. The summed E-state index contributed by atoms with van der Waals surface area (Å²) in [5.41, 5.74) is 0.820. The van der Waals surface area contributed by atoms with Crippen LogP contribution in [0.1, 0.15) is 30.6 Å². The van der Waals surface area contributed by atoms with Gasteiger partial charge in [-0.15, -0.1) is 0 Å². The minimum absolute atomic E-state index is 0.0872. The summed E-state index contributed by atoms with van der Waals surface area (Å²) in [7, 11) is 1.90. The van der Waals surface area contributed by atoms with Gasteiger partial charge in [-0.1, -0.05) is 5.16 Å². The molecule has 8 heteroatoms. The van der Waals surface area contributed by atoms with Crippen molar-refractivity contribution in [1.82, 2.24) is 24.7 Å². The van der Waals surface area contributed by atoms with Crippen molar-refractivity contribution in [2.45, 2.75) is 25.9 Å². The van der Waals surface area contributed by atoms with Crippen molar-refractivity contribution in [3.8, 4) is 11.5 Å². The minimum Gasteiger partial charge on any atom is -0.385 e. The van der Waals surface area contributed by atoms with Crippen LogP contribution in [0.5, 0.6) is 0 Å². The summed E-state index contributed by atoms with van der Waals surface area (Å²) in [6, 6.07) is 3.80. The first kappa shape index (κ1) is 16.7. The first-order valence-corrected chi connectivity index (χ1v) is 8.79. The summed E-state index contributed by atoms with van der Waals surface area (Å²) in [4.78, 5) is 15.4. The molecule has 26 heavy (non-hydrogen) atoms. The molecule has 1 fully saturated rings. The second kappa shape index (κ2) is 6.87. The predicted octanol–water partition coefficient (Wildman–Crippen LogP) is 2.12. The van der Waals surface area contributed by atoms with Gasteiger partial charge in [0.25, 0.3) is 5.89 Å². The molecule has 1 aliphatic heterocycles. The van der Waals surface area contributed by atoms with E-state index in [0.29, 0.717) is 24.1 Å². The van der Waals surface area contributed by atoms with Crippen LogP contribution in [0.15, 0.2) is 35.2 Å². The number of anilines is 1. The summed E-state index contributed by atoms with van der Waals surface area (Å²) >= 11 is 0.